The number of fused-ring (bicyclic) bond motifs is 5. The lowest BCUT2D eigenvalue weighted by atomic mass is 9.48. The molecule has 1 aliphatic heterocycles. The van der Waals surface area contributed by atoms with Crippen LogP contribution in [0.3, 0.4) is 0 Å². The van der Waals surface area contributed by atoms with E-state index in [0.717, 1.165) is 23.9 Å². The van der Waals surface area contributed by atoms with Crippen molar-refractivity contribution in [3.63, 3.8) is 0 Å². The third kappa shape index (κ3) is 2.86. The third-order valence-corrected chi connectivity index (χ3v) is 9.26. The highest BCUT2D eigenvalue weighted by atomic mass is 16.2. The summed E-state index contributed by atoms with van der Waals surface area (Å²) in [5, 5.41) is 2.94. The van der Waals surface area contributed by atoms with Gasteiger partial charge in [0, 0.05) is 24.2 Å². The summed E-state index contributed by atoms with van der Waals surface area (Å²) in [4.78, 5) is 28.1. The summed E-state index contributed by atoms with van der Waals surface area (Å²) >= 11 is 0. The van der Waals surface area contributed by atoms with Crippen LogP contribution in [0.2, 0.25) is 0 Å². The van der Waals surface area contributed by atoms with Gasteiger partial charge in [0.25, 0.3) is 11.8 Å². The van der Waals surface area contributed by atoms with Crippen molar-refractivity contribution in [1.82, 2.24) is 4.90 Å². The molecule has 0 radical (unpaired) electrons. The molecule has 160 valence electrons. The Balaban J connectivity index is 1.49. The zero-order chi connectivity index (χ0) is 21.1. The topological polar surface area (TPSA) is 49.4 Å². The Morgan fingerprint density at radius 3 is 2.57 bits per heavy atom. The molecule has 2 amide bonds. The van der Waals surface area contributed by atoms with Crippen LogP contribution in [0.5, 0.6) is 0 Å². The number of nitrogens with one attached hydrogen (secondary N) is 1. The van der Waals surface area contributed by atoms with Gasteiger partial charge in [0.05, 0.1) is 0 Å². The fraction of sp³-hybridized carbons (Fsp3) is 0.615. The maximum Gasteiger partial charge on any atom is 0.260 e. The second-order valence-corrected chi connectivity index (χ2v) is 10.7. The average molecular weight is 407 g/mol. The molecular weight excluding hydrogens is 372 g/mol. The molecule has 0 saturated heterocycles. The molecule has 0 bridgehead atoms. The summed E-state index contributed by atoms with van der Waals surface area (Å²) in [6.07, 6.45) is 11.0. The van der Waals surface area contributed by atoms with E-state index in [0.29, 0.717) is 16.9 Å². The maximum atomic E-state index is 13.1. The highest BCUT2D eigenvalue weighted by molar-refractivity contribution is 6.23. The monoisotopic (exact) mass is 406 g/mol. The maximum absolute atomic E-state index is 13.1. The Morgan fingerprint density at radius 2 is 1.80 bits per heavy atom. The van der Waals surface area contributed by atoms with E-state index in [4.69, 9.17) is 0 Å². The minimum absolute atomic E-state index is 0.126. The van der Waals surface area contributed by atoms with Gasteiger partial charge in [-0.2, -0.15) is 0 Å². The number of anilines is 1. The zero-order valence-corrected chi connectivity index (χ0v) is 18.5. The molecule has 1 heterocycles. The largest absolute Gasteiger partial charge is 0.338 e. The van der Waals surface area contributed by atoms with Crippen LogP contribution in [0.4, 0.5) is 5.69 Å². The van der Waals surface area contributed by atoms with Gasteiger partial charge in [0.2, 0.25) is 0 Å². The molecule has 1 N–H and O–H groups in total. The summed E-state index contributed by atoms with van der Waals surface area (Å²) in [5.74, 6) is 1.69. The molecule has 4 nitrogen and oxygen atoms in total. The Hall–Kier alpha value is -2.10. The number of para-hydroxylation sites is 1. The minimum atomic E-state index is -0.277. The number of amides is 2. The first-order valence-corrected chi connectivity index (χ1v) is 11.7. The van der Waals surface area contributed by atoms with Gasteiger partial charge in [0.1, 0.15) is 5.57 Å². The molecule has 0 spiro atoms. The number of benzene rings is 1. The number of hydrogen-bond donors (Lipinski definition) is 1. The highest BCUT2D eigenvalue weighted by Crippen LogP contribution is 2.64. The quantitative estimate of drug-likeness (QED) is 0.701. The lowest BCUT2D eigenvalue weighted by Crippen LogP contribution is -2.60. The number of hydrogen-bond acceptors (Lipinski definition) is 2. The van der Waals surface area contributed by atoms with Crippen molar-refractivity contribution in [3.05, 3.63) is 42.0 Å². The van der Waals surface area contributed by atoms with Gasteiger partial charge in [-0.05, 0) is 73.8 Å². The Morgan fingerprint density at radius 1 is 1.03 bits per heavy atom. The predicted octanol–water partition coefficient (Wildman–Crippen LogP) is 5.02. The molecule has 4 heteroatoms. The number of carbonyl (C=O) groups excluding carboxylic acids is 2. The van der Waals surface area contributed by atoms with Crippen LogP contribution in [0.1, 0.15) is 58.8 Å². The van der Waals surface area contributed by atoms with Crippen LogP contribution in [0.15, 0.2) is 42.0 Å². The molecule has 0 aromatic heterocycles. The molecule has 6 atom stereocenters. The van der Waals surface area contributed by atoms with Crippen molar-refractivity contribution in [2.24, 2.45) is 28.6 Å². The molecule has 4 aliphatic rings. The van der Waals surface area contributed by atoms with E-state index in [-0.39, 0.29) is 23.3 Å². The van der Waals surface area contributed by atoms with Crippen LogP contribution in [0.25, 0.3) is 0 Å². The highest BCUT2D eigenvalue weighted by Gasteiger charge is 2.59. The average Bonchev–Trinajstić information content (AvgIpc) is 3.13. The van der Waals surface area contributed by atoms with E-state index in [1.165, 1.54) is 38.5 Å². The normalized spacial score (nSPS) is 40.2. The molecule has 30 heavy (non-hydrogen) atoms. The molecule has 5 rings (SSSR count). The van der Waals surface area contributed by atoms with Gasteiger partial charge < -0.3 is 10.2 Å². The van der Waals surface area contributed by atoms with Crippen molar-refractivity contribution in [2.75, 3.05) is 12.4 Å². The molecule has 1 aromatic carbocycles. The van der Waals surface area contributed by atoms with Gasteiger partial charge in [-0.15, -0.1) is 0 Å². The number of nitrogens with zero attached hydrogens (tertiary/aromatic N) is 1. The van der Waals surface area contributed by atoms with E-state index in [1.54, 1.807) is 0 Å². The molecule has 3 fully saturated rings. The predicted molar refractivity (Wildman–Crippen MR) is 119 cm³/mol. The van der Waals surface area contributed by atoms with Crippen LogP contribution < -0.4 is 5.32 Å². The molecule has 3 saturated carbocycles. The van der Waals surface area contributed by atoms with Crippen molar-refractivity contribution in [3.8, 4) is 0 Å². The van der Waals surface area contributed by atoms with E-state index < -0.39 is 0 Å². The Bertz CT molecular complexity index is 894. The van der Waals surface area contributed by atoms with Crippen molar-refractivity contribution in [1.29, 1.82) is 0 Å². The first-order chi connectivity index (χ1) is 14.3. The van der Waals surface area contributed by atoms with Crippen LogP contribution in [-0.4, -0.2) is 29.8 Å². The van der Waals surface area contributed by atoms with Gasteiger partial charge in [0.15, 0.2) is 0 Å². The smallest absolute Gasteiger partial charge is 0.260 e. The number of likely N-dealkylation sites (N-methyl/N-ethyl adjacent to an activating group) is 1. The molecule has 3 aliphatic carbocycles. The second kappa shape index (κ2) is 6.96. The Labute approximate surface area is 180 Å². The third-order valence-electron chi connectivity index (χ3n) is 9.26. The summed E-state index contributed by atoms with van der Waals surface area (Å²) in [6.45, 7) is 4.84. The summed E-state index contributed by atoms with van der Waals surface area (Å²) in [5.41, 5.74) is 1.43. The Kier molecular flexibility index (Phi) is 4.61. The van der Waals surface area contributed by atoms with Gasteiger partial charge in [-0.1, -0.05) is 44.5 Å². The van der Waals surface area contributed by atoms with Gasteiger partial charge in [-0.25, -0.2) is 0 Å². The first kappa shape index (κ1) is 19.8. The fourth-order valence-corrected chi connectivity index (χ4v) is 7.76. The van der Waals surface area contributed by atoms with Crippen molar-refractivity contribution >= 4 is 17.5 Å². The van der Waals surface area contributed by atoms with E-state index in [9.17, 15) is 9.59 Å². The minimum Gasteiger partial charge on any atom is -0.338 e. The number of rotatable bonds is 2. The summed E-state index contributed by atoms with van der Waals surface area (Å²) in [6, 6.07) is 9.62. The lowest BCUT2D eigenvalue weighted by Gasteiger charge is -2.60. The fourth-order valence-electron chi connectivity index (χ4n) is 7.76. The SMILES string of the molecule is CN1C(=O)C(C(=O)Nc2ccccc2)=C[C@@]2(C)C1CC[C@@H]1[C@H]2CC[C@]2(C)CCC[C@@H]12. The second-order valence-electron chi connectivity index (χ2n) is 10.7. The standard InChI is InChI=1S/C26H34N2O2/c1-25-14-7-10-20(25)18-11-12-22-26(2,21(18)13-15-25)16-19(24(30)28(22)3)23(29)27-17-8-5-4-6-9-17/h4-6,8-9,16,18,20-22H,7,10-15H2,1-3H3,(H,27,29)/t18-,20-,21+,22?,25-,26+/m0/s1. The van der Waals surface area contributed by atoms with Gasteiger partial charge in [-0.3, -0.25) is 9.59 Å². The lowest BCUT2D eigenvalue weighted by molar-refractivity contribution is -0.141. The van der Waals surface area contributed by atoms with E-state index >= 15 is 0 Å². The van der Waals surface area contributed by atoms with Crippen LogP contribution in [0, 0.1) is 28.6 Å². The van der Waals surface area contributed by atoms with Gasteiger partial charge >= 0.3 is 0 Å². The van der Waals surface area contributed by atoms with Crippen molar-refractivity contribution in [2.45, 2.75) is 64.8 Å². The zero-order valence-electron chi connectivity index (χ0n) is 18.5. The molecule has 1 aromatic rings. The summed E-state index contributed by atoms with van der Waals surface area (Å²) < 4.78 is 0. The molecule has 1 unspecified atom stereocenters. The van der Waals surface area contributed by atoms with E-state index in [1.807, 2.05) is 42.3 Å². The summed E-state index contributed by atoms with van der Waals surface area (Å²) in [7, 11) is 1.90. The molecular formula is C26H34N2O2. The van der Waals surface area contributed by atoms with E-state index in [2.05, 4.69) is 25.2 Å². The van der Waals surface area contributed by atoms with Crippen LogP contribution >= 0.6 is 0 Å². The van der Waals surface area contributed by atoms with Crippen LogP contribution in [-0.2, 0) is 9.59 Å². The first-order valence-electron chi connectivity index (χ1n) is 11.7. The number of carbonyl (C=O) groups is 2. The van der Waals surface area contributed by atoms with Crippen molar-refractivity contribution < 1.29 is 9.59 Å².